The van der Waals surface area contributed by atoms with Crippen molar-refractivity contribution in [1.29, 1.82) is 0 Å². The molecule has 0 aliphatic carbocycles. The van der Waals surface area contributed by atoms with E-state index in [9.17, 15) is 0 Å². The van der Waals surface area contributed by atoms with Crippen molar-refractivity contribution in [1.82, 2.24) is 5.32 Å². The first kappa shape index (κ1) is 13.5. The Balaban J connectivity index is 3.05. The van der Waals surface area contributed by atoms with Gasteiger partial charge in [0, 0.05) is 18.0 Å². The number of nitrogens with one attached hydrogen (secondary N) is 1. The van der Waals surface area contributed by atoms with Crippen LogP contribution in [-0.4, -0.2) is 26.4 Å². The zero-order valence-electron chi connectivity index (χ0n) is 9.74. The van der Waals surface area contributed by atoms with Crippen LogP contribution in [0.4, 0.5) is 0 Å². The van der Waals surface area contributed by atoms with Crippen molar-refractivity contribution in [3.05, 3.63) is 17.7 Å². The van der Waals surface area contributed by atoms with Crippen molar-refractivity contribution in [3.63, 3.8) is 0 Å². The summed E-state index contributed by atoms with van der Waals surface area (Å²) in [6.07, 6.45) is 2.02. The topological polar surface area (TPSA) is 30.5 Å². The van der Waals surface area contributed by atoms with E-state index in [1.54, 1.807) is 26.0 Å². The fourth-order valence-corrected chi connectivity index (χ4v) is 2.10. The Bertz CT molecular complexity index is 345. The number of hydrogen-bond donors (Lipinski definition) is 2. The van der Waals surface area contributed by atoms with Crippen molar-refractivity contribution >= 4 is 24.4 Å². The normalized spacial score (nSPS) is 10.2. The maximum absolute atomic E-state index is 5.35. The molecule has 1 rings (SSSR count). The van der Waals surface area contributed by atoms with E-state index in [2.05, 4.69) is 17.9 Å². The molecule has 1 aromatic carbocycles. The Labute approximate surface area is 106 Å². The predicted octanol–water partition coefficient (Wildman–Crippen LogP) is 2.40. The first-order valence-corrected chi connectivity index (χ1v) is 6.73. The van der Waals surface area contributed by atoms with Gasteiger partial charge in [0.1, 0.15) is 11.5 Å². The molecular weight excluding hydrogens is 242 g/mol. The summed E-state index contributed by atoms with van der Waals surface area (Å²) < 4.78 is 10.7. The second-order valence-corrected chi connectivity index (χ2v) is 4.27. The number of benzene rings is 1. The molecule has 0 saturated heterocycles. The number of methoxy groups -OCH3 is 2. The van der Waals surface area contributed by atoms with Gasteiger partial charge >= 0.3 is 0 Å². The molecule has 3 nitrogen and oxygen atoms in total. The lowest BCUT2D eigenvalue weighted by Gasteiger charge is -2.13. The van der Waals surface area contributed by atoms with Crippen LogP contribution in [0.3, 0.4) is 0 Å². The summed E-state index contributed by atoms with van der Waals surface area (Å²) in [5, 5.41) is 3.15. The van der Waals surface area contributed by atoms with E-state index >= 15 is 0 Å². The average molecular weight is 259 g/mol. The molecule has 0 radical (unpaired) electrons. The Morgan fingerprint density at radius 1 is 1.25 bits per heavy atom. The molecule has 0 aromatic heterocycles. The van der Waals surface area contributed by atoms with Gasteiger partial charge < -0.3 is 14.8 Å². The van der Waals surface area contributed by atoms with Crippen LogP contribution in [0.15, 0.2) is 17.0 Å². The van der Waals surface area contributed by atoms with Crippen molar-refractivity contribution in [3.8, 4) is 11.5 Å². The summed E-state index contributed by atoms with van der Waals surface area (Å²) in [5.41, 5.74) is 1.08. The highest BCUT2D eigenvalue weighted by Crippen LogP contribution is 2.34. The lowest BCUT2D eigenvalue weighted by Crippen LogP contribution is -2.11. The van der Waals surface area contributed by atoms with Crippen LogP contribution in [0, 0.1) is 0 Å². The molecule has 0 spiro atoms. The van der Waals surface area contributed by atoms with Crippen molar-refractivity contribution < 1.29 is 9.47 Å². The minimum atomic E-state index is 0.635. The number of hydrogen-bond acceptors (Lipinski definition) is 5. The van der Waals surface area contributed by atoms with Crippen LogP contribution in [0.25, 0.3) is 0 Å². The highest BCUT2D eigenvalue weighted by atomic mass is 32.2. The van der Waals surface area contributed by atoms with Gasteiger partial charge in [0.25, 0.3) is 0 Å². The molecule has 0 aliphatic heterocycles. The largest absolute Gasteiger partial charge is 0.496 e. The highest BCUT2D eigenvalue weighted by Gasteiger charge is 2.10. The monoisotopic (exact) mass is 259 g/mol. The molecule has 0 heterocycles. The third kappa shape index (κ3) is 3.23. The Morgan fingerprint density at radius 3 is 2.44 bits per heavy atom. The number of thiol groups is 1. The van der Waals surface area contributed by atoms with E-state index in [4.69, 9.17) is 9.47 Å². The van der Waals surface area contributed by atoms with Crippen molar-refractivity contribution in [2.24, 2.45) is 0 Å². The van der Waals surface area contributed by atoms with Crippen LogP contribution >= 0.6 is 24.4 Å². The predicted molar refractivity (Wildman–Crippen MR) is 72.0 cm³/mol. The smallest absolute Gasteiger partial charge is 0.132 e. The van der Waals surface area contributed by atoms with Crippen molar-refractivity contribution in [2.45, 2.75) is 11.4 Å². The van der Waals surface area contributed by atoms with Crippen LogP contribution in [0.1, 0.15) is 5.56 Å². The van der Waals surface area contributed by atoms with Gasteiger partial charge in [-0.05, 0) is 18.4 Å². The Hall–Kier alpha value is -0.520. The Morgan fingerprint density at radius 2 is 1.94 bits per heavy atom. The molecule has 0 fully saturated rings. The van der Waals surface area contributed by atoms with Crippen LogP contribution in [0.2, 0.25) is 0 Å². The molecule has 16 heavy (non-hydrogen) atoms. The van der Waals surface area contributed by atoms with E-state index in [0.717, 1.165) is 28.5 Å². The van der Waals surface area contributed by atoms with Crippen LogP contribution < -0.4 is 14.8 Å². The van der Waals surface area contributed by atoms with Gasteiger partial charge in [0.05, 0.1) is 19.1 Å². The highest BCUT2D eigenvalue weighted by molar-refractivity contribution is 7.98. The molecule has 1 aromatic rings. The first-order chi connectivity index (χ1) is 7.76. The average Bonchev–Trinajstić information content (AvgIpc) is 2.35. The van der Waals surface area contributed by atoms with E-state index in [1.807, 2.05) is 18.4 Å². The molecule has 90 valence electrons. The molecular formula is C11H17NO2S2. The number of ether oxygens (including phenoxy) is 2. The zero-order valence-corrected chi connectivity index (χ0v) is 11.5. The number of thioether (sulfide) groups is 1. The third-order valence-corrected chi connectivity index (χ3v) is 3.20. The summed E-state index contributed by atoms with van der Waals surface area (Å²) in [5.74, 6) is 2.39. The summed E-state index contributed by atoms with van der Waals surface area (Å²) in [6, 6.07) is 4.00. The number of rotatable bonds is 6. The molecule has 0 saturated carbocycles. The van der Waals surface area contributed by atoms with E-state index in [0.29, 0.717) is 5.88 Å². The molecule has 0 amide bonds. The molecule has 0 atom stereocenters. The van der Waals surface area contributed by atoms with Gasteiger partial charge in [-0.15, -0.1) is 11.8 Å². The fourth-order valence-electron chi connectivity index (χ4n) is 1.42. The minimum Gasteiger partial charge on any atom is -0.496 e. The SMILES string of the molecule is COc1cc(SC)c(OC)cc1CNCS. The van der Waals surface area contributed by atoms with Crippen LogP contribution in [0.5, 0.6) is 11.5 Å². The molecule has 1 N–H and O–H groups in total. The molecule has 0 bridgehead atoms. The van der Waals surface area contributed by atoms with Gasteiger partial charge in [-0.1, -0.05) is 0 Å². The maximum Gasteiger partial charge on any atom is 0.132 e. The fraction of sp³-hybridized carbons (Fsp3) is 0.455. The quantitative estimate of drug-likeness (QED) is 0.466. The van der Waals surface area contributed by atoms with E-state index in [-0.39, 0.29) is 0 Å². The van der Waals surface area contributed by atoms with Gasteiger partial charge in [0.15, 0.2) is 0 Å². The maximum atomic E-state index is 5.35. The van der Waals surface area contributed by atoms with Gasteiger partial charge in [-0.3, -0.25) is 0 Å². The zero-order chi connectivity index (χ0) is 12.0. The molecule has 5 heteroatoms. The van der Waals surface area contributed by atoms with E-state index < -0.39 is 0 Å². The summed E-state index contributed by atoms with van der Waals surface area (Å²) >= 11 is 5.76. The lowest BCUT2D eigenvalue weighted by molar-refractivity contribution is 0.389. The Kier molecular flexibility index (Phi) is 5.87. The summed E-state index contributed by atoms with van der Waals surface area (Å²) in [7, 11) is 3.35. The first-order valence-electron chi connectivity index (χ1n) is 4.87. The van der Waals surface area contributed by atoms with E-state index in [1.165, 1.54) is 0 Å². The lowest BCUT2D eigenvalue weighted by atomic mass is 10.2. The standard InChI is InChI=1S/C11H17NO2S2/c1-13-9-5-11(16-3)10(14-2)4-8(9)6-12-7-15/h4-5,12,15H,6-7H2,1-3H3. The van der Waals surface area contributed by atoms with Gasteiger partial charge in [-0.25, -0.2) is 0 Å². The summed E-state index contributed by atoms with van der Waals surface area (Å²) in [6.45, 7) is 0.720. The second-order valence-electron chi connectivity index (χ2n) is 3.10. The van der Waals surface area contributed by atoms with Crippen LogP contribution in [-0.2, 0) is 6.54 Å². The third-order valence-electron chi connectivity index (χ3n) is 2.21. The van der Waals surface area contributed by atoms with Gasteiger partial charge in [-0.2, -0.15) is 12.6 Å². The van der Waals surface area contributed by atoms with Crippen molar-refractivity contribution in [2.75, 3.05) is 26.4 Å². The van der Waals surface area contributed by atoms with Gasteiger partial charge in [0.2, 0.25) is 0 Å². The second kappa shape index (κ2) is 6.93. The summed E-state index contributed by atoms with van der Waals surface area (Å²) in [4.78, 5) is 1.08. The molecule has 0 unspecified atom stereocenters. The molecule has 0 aliphatic rings. The minimum absolute atomic E-state index is 0.635.